The Morgan fingerprint density at radius 2 is 1.79 bits per heavy atom. The van der Waals surface area contributed by atoms with Gasteiger partial charge in [0.15, 0.2) is 0 Å². The highest BCUT2D eigenvalue weighted by molar-refractivity contribution is 7.09. The zero-order chi connectivity index (χ0) is 19.2. The maximum atomic E-state index is 12.6. The van der Waals surface area contributed by atoms with Gasteiger partial charge in [-0.3, -0.25) is 14.6 Å². The molecule has 0 atom stereocenters. The van der Waals surface area contributed by atoms with Crippen molar-refractivity contribution in [1.29, 1.82) is 0 Å². The second-order valence-corrected chi connectivity index (χ2v) is 8.47. The summed E-state index contributed by atoms with van der Waals surface area (Å²) in [6, 6.07) is 10.8. The third-order valence-corrected chi connectivity index (χ3v) is 6.25. The molecule has 2 fully saturated rings. The van der Waals surface area contributed by atoms with Crippen LogP contribution in [0.4, 0.5) is 0 Å². The molecule has 6 nitrogen and oxygen atoms in total. The second kappa shape index (κ2) is 9.60. The number of amides is 1. The Balaban J connectivity index is 1.22. The number of hydrogen-bond acceptors (Lipinski definition) is 6. The van der Waals surface area contributed by atoms with Gasteiger partial charge in [-0.25, -0.2) is 4.98 Å². The fourth-order valence-electron chi connectivity index (χ4n) is 3.77. The molecule has 1 N–H and O–H groups in total. The Hall–Kier alpha value is -1.80. The zero-order valence-electron chi connectivity index (χ0n) is 16.2. The van der Waals surface area contributed by atoms with Gasteiger partial charge in [0.25, 0.3) is 5.91 Å². The third-order valence-electron chi connectivity index (χ3n) is 5.42. The van der Waals surface area contributed by atoms with Crippen LogP contribution in [0, 0.1) is 0 Å². The summed E-state index contributed by atoms with van der Waals surface area (Å²) in [5, 5.41) is 6.07. The number of benzene rings is 1. The lowest BCUT2D eigenvalue weighted by atomic mass is 10.0. The van der Waals surface area contributed by atoms with Gasteiger partial charge >= 0.3 is 0 Å². The van der Waals surface area contributed by atoms with Crippen molar-refractivity contribution < 1.29 is 9.53 Å². The van der Waals surface area contributed by atoms with Gasteiger partial charge in [-0.05, 0) is 18.4 Å². The van der Waals surface area contributed by atoms with Gasteiger partial charge in [0.1, 0.15) is 10.7 Å². The molecule has 7 heteroatoms. The summed E-state index contributed by atoms with van der Waals surface area (Å²) >= 11 is 1.57. The number of carbonyl (C=O) groups is 1. The van der Waals surface area contributed by atoms with E-state index in [0.717, 1.165) is 70.3 Å². The summed E-state index contributed by atoms with van der Waals surface area (Å²) in [6.07, 6.45) is 1.98. The highest BCUT2D eigenvalue weighted by Gasteiger charge is 2.22. The van der Waals surface area contributed by atoms with E-state index >= 15 is 0 Å². The van der Waals surface area contributed by atoms with Gasteiger partial charge in [-0.2, -0.15) is 0 Å². The summed E-state index contributed by atoms with van der Waals surface area (Å²) in [7, 11) is 0. The summed E-state index contributed by atoms with van der Waals surface area (Å²) in [5.74, 6) is -0.0361. The number of nitrogens with zero attached hydrogens (tertiary/aromatic N) is 3. The van der Waals surface area contributed by atoms with E-state index in [2.05, 4.69) is 50.4 Å². The number of thiazole rings is 1. The molecule has 1 amide bonds. The predicted molar refractivity (Wildman–Crippen MR) is 110 cm³/mol. The minimum Gasteiger partial charge on any atom is -0.379 e. The molecule has 2 aliphatic heterocycles. The second-order valence-electron chi connectivity index (χ2n) is 7.52. The highest BCUT2D eigenvalue weighted by atomic mass is 32.1. The fraction of sp³-hybridized carbons (Fsp3) is 0.524. The number of piperidine rings is 1. The van der Waals surface area contributed by atoms with Crippen molar-refractivity contribution in [2.45, 2.75) is 32.0 Å². The first-order valence-corrected chi connectivity index (χ1v) is 11.0. The standard InChI is InChI=1S/C21H28N4O2S/c26-21(19-16-28-20(23-19)15-25-10-12-27-13-11-25)22-18-6-8-24(9-7-18)14-17-4-2-1-3-5-17/h1-5,16,18H,6-15H2,(H,22,26). The molecule has 4 rings (SSSR count). The first-order chi connectivity index (χ1) is 13.8. The average molecular weight is 401 g/mol. The van der Waals surface area contributed by atoms with E-state index in [1.807, 2.05) is 5.38 Å². The molecule has 2 aliphatic rings. The molecular formula is C21H28N4O2S. The van der Waals surface area contributed by atoms with Crippen molar-refractivity contribution in [2.75, 3.05) is 39.4 Å². The van der Waals surface area contributed by atoms with Crippen LogP contribution in [0.25, 0.3) is 0 Å². The summed E-state index contributed by atoms with van der Waals surface area (Å²) < 4.78 is 5.38. The number of morpholine rings is 1. The third kappa shape index (κ3) is 5.38. The monoisotopic (exact) mass is 400 g/mol. The van der Waals surface area contributed by atoms with Crippen molar-refractivity contribution in [3.63, 3.8) is 0 Å². The van der Waals surface area contributed by atoms with Crippen LogP contribution in [0.5, 0.6) is 0 Å². The van der Waals surface area contributed by atoms with E-state index in [4.69, 9.17) is 4.74 Å². The van der Waals surface area contributed by atoms with Gasteiger partial charge < -0.3 is 10.1 Å². The first kappa shape index (κ1) is 19.5. The van der Waals surface area contributed by atoms with Crippen LogP contribution in [0.3, 0.4) is 0 Å². The van der Waals surface area contributed by atoms with Crippen LogP contribution in [0.1, 0.15) is 33.9 Å². The molecule has 1 aromatic heterocycles. The smallest absolute Gasteiger partial charge is 0.270 e. The molecule has 2 aromatic rings. The number of nitrogens with one attached hydrogen (secondary N) is 1. The molecule has 1 aromatic carbocycles. The maximum Gasteiger partial charge on any atom is 0.270 e. The van der Waals surface area contributed by atoms with Gasteiger partial charge in [0.05, 0.1) is 19.8 Å². The summed E-state index contributed by atoms with van der Waals surface area (Å²) in [5.41, 5.74) is 1.90. The SMILES string of the molecule is O=C(NC1CCN(Cc2ccccc2)CC1)c1csc(CN2CCOCC2)n1. The van der Waals surface area contributed by atoms with E-state index in [1.54, 1.807) is 11.3 Å². The number of carbonyl (C=O) groups excluding carboxylic acids is 1. The Bertz CT molecular complexity index is 753. The average Bonchev–Trinajstić information content (AvgIpc) is 3.20. The van der Waals surface area contributed by atoms with Crippen molar-refractivity contribution in [3.8, 4) is 0 Å². The van der Waals surface area contributed by atoms with Crippen LogP contribution >= 0.6 is 11.3 Å². The molecule has 150 valence electrons. The Morgan fingerprint density at radius 1 is 1.07 bits per heavy atom. The topological polar surface area (TPSA) is 57.7 Å². The van der Waals surface area contributed by atoms with Crippen molar-refractivity contribution in [3.05, 3.63) is 52.0 Å². The Labute approximate surface area is 170 Å². The lowest BCUT2D eigenvalue weighted by Gasteiger charge is -2.32. The fourth-order valence-corrected chi connectivity index (χ4v) is 4.59. The largest absolute Gasteiger partial charge is 0.379 e. The quantitative estimate of drug-likeness (QED) is 0.807. The van der Waals surface area contributed by atoms with E-state index in [1.165, 1.54) is 5.56 Å². The van der Waals surface area contributed by atoms with Gasteiger partial charge in [0, 0.05) is 44.1 Å². The highest BCUT2D eigenvalue weighted by Crippen LogP contribution is 2.16. The number of ether oxygens (including phenoxy) is 1. The molecule has 28 heavy (non-hydrogen) atoms. The van der Waals surface area contributed by atoms with Gasteiger partial charge in [0.2, 0.25) is 0 Å². The minimum atomic E-state index is -0.0361. The van der Waals surface area contributed by atoms with Crippen LogP contribution in [0.15, 0.2) is 35.7 Å². The van der Waals surface area contributed by atoms with Crippen molar-refractivity contribution >= 4 is 17.2 Å². The minimum absolute atomic E-state index is 0.0361. The zero-order valence-corrected chi connectivity index (χ0v) is 17.0. The summed E-state index contributed by atoms with van der Waals surface area (Å²) in [4.78, 5) is 21.9. The molecular weight excluding hydrogens is 372 g/mol. The first-order valence-electron chi connectivity index (χ1n) is 10.1. The van der Waals surface area contributed by atoms with Crippen molar-refractivity contribution in [2.24, 2.45) is 0 Å². The van der Waals surface area contributed by atoms with Gasteiger partial charge in [-0.1, -0.05) is 30.3 Å². The summed E-state index contributed by atoms with van der Waals surface area (Å²) in [6.45, 7) is 7.24. The van der Waals surface area contributed by atoms with Gasteiger partial charge in [-0.15, -0.1) is 11.3 Å². The van der Waals surface area contributed by atoms with Crippen molar-refractivity contribution in [1.82, 2.24) is 20.1 Å². The van der Waals surface area contributed by atoms with E-state index < -0.39 is 0 Å². The number of aromatic nitrogens is 1. The van der Waals surface area contributed by atoms with E-state index in [-0.39, 0.29) is 11.9 Å². The molecule has 0 radical (unpaired) electrons. The molecule has 0 bridgehead atoms. The molecule has 0 unspecified atom stereocenters. The Morgan fingerprint density at radius 3 is 2.54 bits per heavy atom. The molecule has 0 spiro atoms. The lowest BCUT2D eigenvalue weighted by molar-refractivity contribution is 0.0341. The molecule has 0 aliphatic carbocycles. The number of likely N-dealkylation sites (tertiary alicyclic amines) is 1. The number of rotatable bonds is 6. The molecule has 3 heterocycles. The molecule has 0 saturated carbocycles. The number of hydrogen-bond donors (Lipinski definition) is 1. The van der Waals surface area contributed by atoms with Crippen LogP contribution in [-0.4, -0.2) is 66.1 Å². The normalized spacial score (nSPS) is 19.6. The van der Waals surface area contributed by atoms with E-state index in [9.17, 15) is 4.79 Å². The van der Waals surface area contributed by atoms with Crippen LogP contribution in [-0.2, 0) is 17.8 Å². The van der Waals surface area contributed by atoms with E-state index in [0.29, 0.717) is 5.69 Å². The molecule has 2 saturated heterocycles. The Kier molecular flexibility index (Phi) is 6.69. The maximum absolute atomic E-state index is 12.6. The predicted octanol–water partition coefficient (Wildman–Crippen LogP) is 2.37. The lowest BCUT2D eigenvalue weighted by Crippen LogP contribution is -2.44. The van der Waals surface area contributed by atoms with Crippen LogP contribution in [0.2, 0.25) is 0 Å². The van der Waals surface area contributed by atoms with Crippen LogP contribution < -0.4 is 5.32 Å².